The fraction of sp³-hybridized carbons (Fsp3) is 0.250. The lowest BCUT2D eigenvalue weighted by molar-refractivity contribution is -0.138. The molecule has 1 aliphatic rings. The number of nitrogens with zero attached hydrogens (tertiary/aromatic N) is 1. The Morgan fingerprint density at radius 1 is 0.935 bits per heavy atom. The monoisotopic (exact) mass is 423 g/mol. The summed E-state index contributed by atoms with van der Waals surface area (Å²) in [5, 5.41) is 0. The molecular formula is C24H25NO6. The molecule has 162 valence electrons. The Labute approximate surface area is 181 Å². The minimum atomic E-state index is -0.391. The molecule has 0 fully saturated rings. The average Bonchev–Trinajstić information content (AvgIpc) is 2.81. The van der Waals surface area contributed by atoms with E-state index in [0.717, 1.165) is 5.56 Å². The van der Waals surface area contributed by atoms with Gasteiger partial charge in [-0.25, -0.2) is 0 Å². The highest BCUT2D eigenvalue weighted by Crippen LogP contribution is 2.38. The van der Waals surface area contributed by atoms with Gasteiger partial charge in [0.05, 0.1) is 28.4 Å². The lowest BCUT2D eigenvalue weighted by atomic mass is 10.00. The minimum Gasteiger partial charge on any atom is -0.497 e. The van der Waals surface area contributed by atoms with Crippen LogP contribution in [0.1, 0.15) is 17.5 Å². The zero-order valence-corrected chi connectivity index (χ0v) is 18.0. The molecule has 0 saturated heterocycles. The SMILES string of the molecule is COc1ccc(C2=CCCN(C(=O)/C=C/c3cc(OC)c(OC)c(OC)c3)C2=O)cc1. The Kier molecular flexibility index (Phi) is 6.97. The number of methoxy groups -OCH3 is 4. The van der Waals surface area contributed by atoms with Gasteiger partial charge in [0.1, 0.15) is 5.75 Å². The summed E-state index contributed by atoms with van der Waals surface area (Å²) < 4.78 is 21.1. The molecule has 0 N–H and O–H groups in total. The van der Waals surface area contributed by atoms with Crippen LogP contribution in [0.25, 0.3) is 11.6 Å². The maximum atomic E-state index is 12.9. The van der Waals surface area contributed by atoms with E-state index in [2.05, 4.69) is 0 Å². The van der Waals surface area contributed by atoms with E-state index in [4.69, 9.17) is 18.9 Å². The number of amides is 2. The van der Waals surface area contributed by atoms with E-state index in [1.807, 2.05) is 18.2 Å². The van der Waals surface area contributed by atoms with Gasteiger partial charge in [-0.15, -0.1) is 0 Å². The maximum Gasteiger partial charge on any atom is 0.261 e. The molecule has 2 aromatic rings. The number of benzene rings is 2. The van der Waals surface area contributed by atoms with Gasteiger partial charge in [-0.2, -0.15) is 0 Å². The number of carbonyl (C=O) groups excluding carboxylic acids is 2. The number of hydrogen-bond donors (Lipinski definition) is 0. The number of ether oxygens (including phenoxy) is 4. The van der Waals surface area contributed by atoms with Crippen LogP contribution in [0.5, 0.6) is 23.0 Å². The summed E-state index contributed by atoms with van der Waals surface area (Å²) in [5.41, 5.74) is 1.93. The van der Waals surface area contributed by atoms with Crippen LogP contribution in [0.2, 0.25) is 0 Å². The van der Waals surface area contributed by atoms with Gasteiger partial charge in [0.15, 0.2) is 11.5 Å². The van der Waals surface area contributed by atoms with Crippen LogP contribution in [-0.2, 0) is 9.59 Å². The molecule has 2 aromatic carbocycles. The van der Waals surface area contributed by atoms with Gasteiger partial charge in [0.25, 0.3) is 11.8 Å². The molecule has 0 atom stereocenters. The highest BCUT2D eigenvalue weighted by Gasteiger charge is 2.26. The quantitative estimate of drug-likeness (QED) is 0.634. The van der Waals surface area contributed by atoms with Gasteiger partial charge >= 0.3 is 0 Å². The Morgan fingerprint density at radius 3 is 2.13 bits per heavy atom. The fourth-order valence-electron chi connectivity index (χ4n) is 3.35. The molecule has 0 saturated carbocycles. The third-order valence-corrected chi connectivity index (χ3v) is 4.95. The van der Waals surface area contributed by atoms with Gasteiger partial charge in [-0.3, -0.25) is 14.5 Å². The van der Waals surface area contributed by atoms with Crippen molar-refractivity contribution in [2.75, 3.05) is 35.0 Å². The lowest BCUT2D eigenvalue weighted by Gasteiger charge is -2.24. The van der Waals surface area contributed by atoms with E-state index in [1.165, 1.54) is 32.3 Å². The molecule has 0 spiro atoms. The van der Waals surface area contributed by atoms with Crippen LogP contribution in [0, 0.1) is 0 Å². The second-order valence-electron chi connectivity index (χ2n) is 6.72. The van der Waals surface area contributed by atoms with E-state index < -0.39 is 5.91 Å². The highest BCUT2D eigenvalue weighted by atomic mass is 16.5. The predicted octanol–water partition coefficient (Wildman–Crippen LogP) is 3.58. The molecule has 0 aromatic heterocycles. The van der Waals surface area contributed by atoms with Gasteiger partial charge in [0, 0.05) is 18.2 Å². The number of hydrogen-bond acceptors (Lipinski definition) is 6. The Balaban J connectivity index is 1.79. The van der Waals surface area contributed by atoms with Crippen molar-refractivity contribution >= 4 is 23.5 Å². The largest absolute Gasteiger partial charge is 0.497 e. The topological polar surface area (TPSA) is 74.3 Å². The summed E-state index contributed by atoms with van der Waals surface area (Å²) in [7, 11) is 6.15. The minimum absolute atomic E-state index is 0.323. The first-order valence-corrected chi connectivity index (χ1v) is 9.70. The van der Waals surface area contributed by atoms with Crippen LogP contribution in [0.4, 0.5) is 0 Å². The third-order valence-electron chi connectivity index (χ3n) is 4.95. The van der Waals surface area contributed by atoms with E-state index in [-0.39, 0.29) is 5.91 Å². The molecule has 0 aliphatic carbocycles. The van der Waals surface area contributed by atoms with Gasteiger partial charge < -0.3 is 18.9 Å². The first-order valence-electron chi connectivity index (χ1n) is 9.70. The van der Waals surface area contributed by atoms with Crippen LogP contribution in [-0.4, -0.2) is 51.7 Å². The molecule has 0 bridgehead atoms. The number of rotatable bonds is 7. The van der Waals surface area contributed by atoms with Crippen molar-refractivity contribution in [3.8, 4) is 23.0 Å². The second kappa shape index (κ2) is 9.84. The first kappa shape index (κ1) is 22.0. The summed E-state index contributed by atoms with van der Waals surface area (Å²) in [4.78, 5) is 27.0. The van der Waals surface area contributed by atoms with Crippen molar-refractivity contribution in [1.82, 2.24) is 4.90 Å². The Morgan fingerprint density at radius 2 is 1.58 bits per heavy atom. The highest BCUT2D eigenvalue weighted by molar-refractivity contribution is 6.25. The smallest absolute Gasteiger partial charge is 0.261 e. The molecule has 0 unspecified atom stereocenters. The summed E-state index contributed by atoms with van der Waals surface area (Å²) >= 11 is 0. The van der Waals surface area contributed by atoms with E-state index in [0.29, 0.717) is 47.1 Å². The number of imide groups is 1. The lowest BCUT2D eigenvalue weighted by Crippen LogP contribution is -2.39. The van der Waals surface area contributed by atoms with E-state index in [9.17, 15) is 9.59 Å². The first-order chi connectivity index (χ1) is 15.0. The van der Waals surface area contributed by atoms with Crippen molar-refractivity contribution in [2.45, 2.75) is 6.42 Å². The Bertz CT molecular complexity index is 998. The van der Waals surface area contributed by atoms with Crippen molar-refractivity contribution < 1.29 is 28.5 Å². The normalized spacial score (nSPS) is 13.7. The molecular weight excluding hydrogens is 398 g/mol. The maximum absolute atomic E-state index is 12.9. The zero-order valence-electron chi connectivity index (χ0n) is 18.0. The average molecular weight is 423 g/mol. The van der Waals surface area contributed by atoms with Crippen molar-refractivity contribution in [3.63, 3.8) is 0 Å². The van der Waals surface area contributed by atoms with Crippen molar-refractivity contribution in [3.05, 3.63) is 59.7 Å². The van der Waals surface area contributed by atoms with Gasteiger partial charge in [-0.1, -0.05) is 18.2 Å². The molecule has 7 nitrogen and oxygen atoms in total. The molecule has 1 aliphatic heterocycles. The van der Waals surface area contributed by atoms with E-state index in [1.54, 1.807) is 37.5 Å². The predicted molar refractivity (Wildman–Crippen MR) is 117 cm³/mol. The Hall–Kier alpha value is -3.74. The van der Waals surface area contributed by atoms with Gasteiger partial charge in [-0.05, 0) is 47.9 Å². The second-order valence-corrected chi connectivity index (χ2v) is 6.72. The molecule has 7 heteroatoms. The molecule has 0 radical (unpaired) electrons. The molecule has 31 heavy (non-hydrogen) atoms. The molecule has 1 heterocycles. The summed E-state index contributed by atoms with van der Waals surface area (Å²) in [6.45, 7) is 0.330. The summed E-state index contributed by atoms with van der Waals surface area (Å²) in [5.74, 6) is 1.41. The van der Waals surface area contributed by atoms with Crippen LogP contribution < -0.4 is 18.9 Å². The van der Waals surface area contributed by atoms with Crippen molar-refractivity contribution in [1.29, 1.82) is 0 Å². The third kappa shape index (κ3) is 4.71. The molecule has 3 rings (SSSR count). The standard InChI is InChI=1S/C24H25NO6/c1-28-18-10-8-17(9-11-18)19-6-5-13-25(24(19)27)22(26)12-7-16-14-20(29-2)23(31-4)21(15-16)30-3/h6-12,14-15H,5,13H2,1-4H3/b12-7+. The van der Waals surface area contributed by atoms with E-state index >= 15 is 0 Å². The van der Waals surface area contributed by atoms with Crippen molar-refractivity contribution in [2.24, 2.45) is 0 Å². The summed E-state index contributed by atoms with van der Waals surface area (Å²) in [6.07, 6.45) is 5.44. The summed E-state index contributed by atoms with van der Waals surface area (Å²) in [6, 6.07) is 10.6. The van der Waals surface area contributed by atoms with Crippen LogP contribution >= 0.6 is 0 Å². The van der Waals surface area contributed by atoms with Crippen LogP contribution in [0.3, 0.4) is 0 Å². The van der Waals surface area contributed by atoms with Gasteiger partial charge in [0.2, 0.25) is 5.75 Å². The molecule has 2 amide bonds. The number of carbonyl (C=O) groups is 2. The zero-order chi connectivity index (χ0) is 22.4. The van der Waals surface area contributed by atoms with Crippen LogP contribution in [0.15, 0.2) is 48.6 Å². The fourth-order valence-corrected chi connectivity index (χ4v) is 3.35.